The van der Waals surface area contributed by atoms with Gasteiger partial charge in [-0.05, 0) is 47.5 Å². The third-order valence-corrected chi connectivity index (χ3v) is 4.84. The van der Waals surface area contributed by atoms with Gasteiger partial charge in [0.25, 0.3) is 0 Å². The monoisotopic (exact) mass is 357 g/mol. The Morgan fingerprint density at radius 2 is 2.04 bits per heavy atom. The van der Waals surface area contributed by atoms with E-state index in [2.05, 4.69) is 33.1 Å². The number of ether oxygens (including phenoxy) is 1. The number of nitriles is 1. The molecule has 0 spiro atoms. The number of nitrogens with two attached hydrogens (primary N) is 1. The topological polar surface area (TPSA) is 88.1 Å². The average Bonchev–Trinajstić information content (AvgIpc) is 2.67. The van der Waals surface area contributed by atoms with Crippen molar-refractivity contribution in [3.63, 3.8) is 0 Å². The van der Waals surface area contributed by atoms with Gasteiger partial charge in [-0.1, -0.05) is 12.1 Å². The van der Waals surface area contributed by atoms with E-state index in [9.17, 15) is 0 Å². The van der Waals surface area contributed by atoms with Crippen molar-refractivity contribution in [1.82, 2.24) is 9.97 Å². The zero-order chi connectivity index (χ0) is 18.8. The van der Waals surface area contributed by atoms with Gasteiger partial charge in [-0.15, -0.1) is 0 Å². The summed E-state index contributed by atoms with van der Waals surface area (Å²) in [5.41, 5.74) is 9.52. The second kappa shape index (κ2) is 6.96. The quantitative estimate of drug-likeness (QED) is 0.771. The number of nitrogen functional groups attached to an aromatic ring is 1. The molecule has 4 rings (SSSR count). The number of rotatable bonds is 4. The first-order chi connectivity index (χ1) is 13.2. The van der Waals surface area contributed by atoms with Gasteiger partial charge in [-0.25, -0.2) is 9.97 Å². The summed E-state index contributed by atoms with van der Waals surface area (Å²) in [5.74, 6) is 2.55. The molecule has 0 amide bonds. The first-order valence-corrected chi connectivity index (χ1v) is 8.70. The van der Waals surface area contributed by atoms with Gasteiger partial charge in [-0.2, -0.15) is 5.26 Å². The highest BCUT2D eigenvalue weighted by molar-refractivity contribution is 5.73. The zero-order valence-electron chi connectivity index (χ0n) is 15.0. The van der Waals surface area contributed by atoms with Crippen LogP contribution in [0.4, 0.5) is 11.6 Å². The van der Waals surface area contributed by atoms with E-state index in [0.29, 0.717) is 17.4 Å². The Balaban J connectivity index is 1.57. The maximum Gasteiger partial charge on any atom is 0.142 e. The Morgan fingerprint density at radius 1 is 1.19 bits per heavy atom. The van der Waals surface area contributed by atoms with Crippen LogP contribution in [-0.4, -0.2) is 30.2 Å². The molecule has 0 unspecified atom stereocenters. The van der Waals surface area contributed by atoms with E-state index >= 15 is 0 Å². The van der Waals surface area contributed by atoms with Crippen LogP contribution < -0.4 is 15.4 Å². The van der Waals surface area contributed by atoms with Crippen molar-refractivity contribution < 1.29 is 4.74 Å². The minimum Gasteiger partial charge on any atom is -0.496 e. The Hall–Kier alpha value is -3.59. The highest BCUT2D eigenvalue weighted by Crippen LogP contribution is 2.37. The second-order valence-electron chi connectivity index (χ2n) is 6.52. The molecule has 1 fully saturated rings. The smallest absolute Gasteiger partial charge is 0.142 e. The highest BCUT2D eigenvalue weighted by atomic mass is 16.5. The maximum absolute atomic E-state index is 9.02. The number of aromatic nitrogens is 2. The van der Waals surface area contributed by atoms with Gasteiger partial charge in [0.1, 0.15) is 29.1 Å². The summed E-state index contributed by atoms with van der Waals surface area (Å²) in [5, 5.41) is 9.02. The molecule has 1 aromatic carbocycles. The van der Waals surface area contributed by atoms with Crippen LogP contribution in [-0.2, 0) is 0 Å². The molecule has 2 aromatic heterocycles. The molecule has 0 saturated carbocycles. The van der Waals surface area contributed by atoms with Crippen LogP contribution in [0.2, 0.25) is 0 Å². The summed E-state index contributed by atoms with van der Waals surface area (Å²) in [6, 6.07) is 17.7. The van der Waals surface area contributed by atoms with Crippen molar-refractivity contribution in [1.29, 1.82) is 5.26 Å². The number of anilines is 2. The van der Waals surface area contributed by atoms with Crippen LogP contribution in [0.15, 0.2) is 54.7 Å². The van der Waals surface area contributed by atoms with E-state index in [1.54, 1.807) is 19.4 Å². The van der Waals surface area contributed by atoms with Gasteiger partial charge < -0.3 is 15.4 Å². The van der Waals surface area contributed by atoms with Gasteiger partial charge in [0.2, 0.25) is 0 Å². The molecule has 2 N–H and O–H groups in total. The lowest BCUT2D eigenvalue weighted by Gasteiger charge is -2.40. The molecule has 27 heavy (non-hydrogen) atoms. The van der Waals surface area contributed by atoms with E-state index in [4.69, 9.17) is 15.7 Å². The second-order valence-corrected chi connectivity index (χ2v) is 6.52. The molecule has 0 radical (unpaired) electrons. The summed E-state index contributed by atoms with van der Waals surface area (Å²) in [6.07, 6.45) is 1.70. The number of methoxy groups -OCH3 is 1. The zero-order valence-corrected chi connectivity index (χ0v) is 15.0. The first-order valence-electron chi connectivity index (χ1n) is 8.70. The van der Waals surface area contributed by atoms with Crippen LogP contribution in [0.5, 0.6) is 5.75 Å². The van der Waals surface area contributed by atoms with Gasteiger partial charge in [0, 0.05) is 30.8 Å². The van der Waals surface area contributed by atoms with Crippen LogP contribution in [0.1, 0.15) is 17.2 Å². The Kier molecular flexibility index (Phi) is 4.35. The predicted molar refractivity (Wildman–Crippen MR) is 105 cm³/mol. The van der Waals surface area contributed by atoms with E-state index in [-0.39, 0.29) is 0 Å². The molecule has 1 aliphatic heterocycles. The third kappa shape index (κ3) is 3.27. The Labute approximate surface area is 157 Å². The lowest BCUT2D eigenvalue weighted by Crippen LogP contribution is -2.45. The summed E-state index contributed by atoms with van der Waals surface area (Å²) < 4.78 is 5.53. The van der Waals surface area contributed by atoms with Crippen LogP contribution in [0.3, 0.4) is 0 Å². The minimum absolute atomic E-state index is 0.404. The summed E-state index contributed by atoms with van der Waals surface area (Å²) in [6.45, 7) is 1.73. The number of hydrogen-bond donors (Lipinski definition) is 1. The Morgan fingerprint density at radius 3 is 2.78 bits per heavy atom. The fourth-order valence-electron chi connectivity index (χ4n) is 3.36. The third-order valence-electron chi connectivity index (χ3n) is 4.84. The molecule has 1 aliphatic rings. The summed E-state index contributed by atoms with van der Waals surface area (Å²) in [4.78, 5) is 10.6. The molecule has 6 nitrogen and oxygen atoms in total. The van der Waals surface area contributed by atoms with Crippen LogP contribution in [0.25, 0.3) is 11.1 Å². The van der Waals surface area contributed by atoms with Crippen molar-refractivity contribution >= 4 is 11.6 Å². The van der Waals surface area contributed by atoms with E-state index in [0.717, 1.165) is 35.8 Å². The van der Waals surface area contributed by atoms with Crippen molar-refractivity contribution in [2.75, 3.05) is 30.8 Å². The van der Waals surface area contributed by atoms with Crippen LogP contribution >= 0.6 is 0 Å². The number of pyridine rings is 2. The number of nitrogens with zero attached hydrogens (tertiary/aromatic N) is 4. The molecular weight excluding hydrogens is 338 g/mol. The van der Waals surface area contributed by atoms with Crippen molar-refractivity contribution in [2.24, 2.45) is 0 Å². The van der Waals surface area contributed by atoms with E-state index < -0.39 is 0 Å². The largest absolute Gasteiger partial charge is 0.496 e. The SMILES string of the molecule is COc1ccc(C2CN(c3cccc(C#N)n3)C2)cc1-c1ccnc(N)c1. The molecule has 0 atom stereocenters. The molecule has 0 bridgehead atoms. The minimum atomic E-state index is 0.404. The molecule has 3 heterocycles. The predicted octanol–water partition coefficient (Wildman–Crippen LogP) is 3.21. The van der Waals surface area contributed by atoms with Crippen molar-refractivity contribution in [3.05, 3.63) is 66.0 Å². The van der Waals surface area contributed by atoms with Crippen molar-refractivity contribution in [2.45, 2.75) is 5.92 Å². The molecule has 1 saturated heterocycles. The average molecular weight is 357 g/mol. The highest BCUT2D eigenvalue weighted by Gasteiger charge is 2.29. The van der Waals surface area contributed by atoms with E-state index in [1.165, 1.54) is 5.56 Å². The maximum atomic E-state index is 9.02. The normalized spacial score (nSPS) is 13.7. The van der Waals surface area contributed by atoms with Gasteiger partial charge >= 0.3 is 0 Å². The van der Waals surface area contributed by atoms with Gasteiger partial charge in [-0.3, -0.25) is 0 Å². The molecular formula is C21H19N5O. The first kappa shape index (κ1) is 16.9. The summed E-state index contributed by atoms with van der Waals surface area (Å²) >= 11 is 0. The molecule has 6 heteroatoms. The fourth-order valence-corrected chi connectivity index (χ4v) is 3.36. The molecule has 134 valence electrons. The number of hydrogen-bond acceptors (Lipinski definition) is 6. The molecule has 0 aliphatic carbocycles. The fraction of sp³-hybridized carbons (Fsp3) is 0.190. The van der Waals surface area contributed by atoms with Gasteiger partial charge in [0.05, 0.1) is 7.11 Å². The molecule has 3 aromatic rings. The van der Waals surface area contributed by atoms with Crippen molar-refractivity contribution in [3.8, 4) is 22.9 Å². The Bertz CT molecular complexity index is 1020. The lowest BCUT2D eigenvalue weighted by molar-refractivity contribution is 0.416. The summed E-state index contributed by atoms with van der Waals surface area (Å²) in [7, 11) is 1.67. The number of benzene rings is 1. The standard InChI is InChI=1S/C21H19N5O/c1-27-19-6-5-14(9-18(19)15-7-8-24-20(23)10-15)16-12-26(13-16)21-4-2-3-17(11-22)25-21/h2-10,16H,12-13H2,1H3,(H2,23,24). The lowest BCUT2D eigenvalue weighted by atomic mass is 9.89. The van der Waals surface area contributed by atoms with Gasteiger partial charge in [0.15, 0.2) is 0 Å². The van der Waals surface area contributed by atoms with Crippen LogP contribution in [0, 0.1) is 11.3 Å². The van der Waals surface area contributed by atoms with E-state index in [1.807, 2.05) is 30.3 Å².